The van der Waals surface area contributed by atoms with Gasteiger partial charge in [-0.15, -0.1) is 0 Å². The number of carbonyl (C=O) groups is 2. The largest absolute Gasteiger partial charge is 0.480 e. The van der Waals surface area contributed by atoms with Crippen LogP contribution in [0.1, 0.15) is 25.8 Å². The topological polar surface area (TPSA) is 78.4 Å². The highest BCUT2D eigenvalue weighted by Gasteiger charge is 2.21. The molecule has 0 aliphatic carbocycles. The van der Waals surface area contributed by atoms with Gasteiger partial charge in [-0.3, -0.25) is 0 Å². The van der Waals surface area contributed by atoms with E-state index in [9.17, 15) is 9.59 Å². The van der Waals surface area contributed by atoms with Gasteiger partial charge in [0.2, 0.25) is 0 Å². The van der Waals surface area contributed by atoms with E-state index in [2.05, 4.69) is 26.6 Å². The number of amides is 2. The summed E-state index contributed by atoms with van der Waals surface area (Å²) < 4.78 is 0.921. The second-order valence-electron chi connectivity index (χ2n) is 5.08. The molecule has 110 valence electrons. The molecule has 1 aromatic carbocycles. The van der Waals surface area contributed by atoms with Crippen LogP contribution >= 0.6 is 15.9 Å². The van der Waals surface area contributed by atoms with Gasteiger partial charge in [0.1, 0.15) is 6.04 Å². The van der Waals surface area contributed by atoms with Gasteiger partial charge in [0.05, 0.1) is 0 Å². The third-order valence-electron chi connectivity index (χ3n) is 2.75. The van der Waals surface area contributed by atoms with Gasteiger partial charge in [-0.2, -0.15) is 0 Å². The van der Waals surface area contributed by atoms with Gasteiger partial charge < -0.3 is 15.7 Å². The van der Waals surface area contributed by atoms with Crippen molar-refractivity contribution in [2.75, 3.05) is 5.32 Å². The number of urea groups is 1. The lowest BCUT2D eigenvalue weighted by Crippen LogP contribution is -2.43. The highest BCUT2D eigenvalue weighted by Crippen LogP contribution is 2.19. The SMILES string of the molecule is Cc1cc(Br)ccc1NC(=O)N[C@@H](CC(C)C)C(=O)O. The molecule has 0 saturated heterocycles. The van der Waals surface area contributed by atoms with Gasteiger partial charge in [0, 0.05) is 10.2 Å². The molecule has 0 aromatic heterocycles. The van der Waals surface area contributed by atoms with Crippen molar-refractivity contribution < 1.29 is 14.7 Å². The van der Waals surface area contributed by atoms with Crippen LogP contribution in [0.15, 0.2) is 22.7 Å². The van der Waals surface area contributed by atoms with Crippen molar-refractivity contribution in [2.45, 2.75) is 33.2 Å². The van der Waals surface area contributed by atoms with Gasteiger partial charge in [-0.25, -0.2) is 9.59 Å². The van der Waals surface area contributed by atoms with Crippen LogP contribution < -0.4 is 10.6 Å². The number of aliphatic carboxylic acids is 1. The van der Waals surface area contributed by atoms with Crippen LogP contribution in [0, 0.1) is 12.8 Å². The lowest BCUT2D eigenvalue weighted by Gasteiger charge is -2.17. The lowest BCUT2D eigenvalue weighted by molar-refractivity contribution is -0.139. The van der Waals surface area contributed by atoms with Crippen LogP contribution in [-0.2, 0) is 4.79 Å². The molecule has 20 heavy (non-hydrogen) atoms. The van der Waals surface area contributed by atoms with Crippen molar-refractivity contribution in [3.63, 3.8) is 0 Å². The van der Waals surface area contributed by atoms with Crippen LogP contribution in [0.2, 0.25) is 0 Å². The van der Waals surface area contributed by atoms with E-state index in [4.69, 9.17) is 5.11 Å². The average molecular weight is 343 g/mol. The number of carboxylic acids is 1. The maximum atomic E-state index is 11.8. The number of hydrogen-bond donors (Lipinski definition) is 3. The molecule has 0 aliphatic rings. The van der Waals surface area contributed by atoms with Crippen LogP contribution in [0.3, 0.4) is 0 Å². The van der Waals surface area contributed by atoms with Crippen molar-refractivity contribution in [2.24, 2.45) is 5.92 Å². The summed E-state index contributed by atoms with van der Waals surface area (Å²) in [6.07, 6.45) is 0.391. The highest BCUT2D eigenvalue weighted by molar-refractivity contribution is 9.10. The lowest BCUT2D eigenvalue weighted by atomic mass is 10.0. The van der Waals surface area contributed by atoms with E-state index in [0.717, 1.165) is 10.0 Å². The van der Waals surface area contributed by atoms with Gasteiger partial charge >= 0.3 is 12.0 Å². The van der Waals surface area contributed by atoms with Gasteiger partial charge in [-0.1, -0.05) is 29.8 Å². The molecule has 3 N–H and O–H groups in total. The second-order valence-corrected chi connectivity index (χ2v) is 5.99. The van der Waals surface area contributed by atoms with Crippen LogP contribution in [-0.4, -0.2) is 23.1 Å². The van der Waals surface area contributed by atoms with Crippen LogP contribution in [0.5, 0.6) is 0 Å². The van der Waals surface area contributed by atoms with E-state index in [1.165, 1.54) is 0 Å². The zero-order valence-corrected chi connectivity index (χ0v) is 13.3. The summed E-state index contributed by atoms with van der Waals surface area (Å²) in [7, 11) is 0. The number of hydrogen-bond acceptors (Lipinski definition) is 2. The van der Waals surface area contributed by atoms with E-state index in [1.54, 1.807) is 6.07 Å². The Bertz CT molecular complexity index is 503. The fourth-order valence-electron chi connectivity index (χ4n) is 1.78. The highest BCUT2D eigenvalue weighted by atomic mass is 79.9. The number of nitrogens with one attached hydrogen (secondary N) is 2. The van der Waals surface area contributed by atoms with E-state index >= 15 is 0 Å². The van der Waals surface area contributed by atoms with Crippen molar-refractivity contribution in [1.29, 1.82) is 0 Å². The summed E-state index contributed by atoms with van der Waals surface area (Å²) in [5, 5.41) is 14.2. The number of carbonyl (C=O) groups excluding carboxylic acids is 1. The number of anilines is 1. The number of halogens is 1. The summed E-state index contributed by atoms with van der Waals surface area (Å²) in [6.45, 7) is 5.69. The van der Waals surface area contributed by atoms with Crippen molar-refractivity contribution in [3.05, 3.63) is 28.2 Å². The van der Waals surface area contributed by atoms with Gasteiger partial charge in [0.15, 0.2) is 0 Å². The molecule has 0 heterocycles. The number of rotatable bonds is 5. The minimum absolute atomic E-state index is 0.186. The third kappa shape index (κ3) is 5.21. The number of aryl methyl sites for hydroxylation is 1. The fourth-order valence-corrected chi connectivity index (χ4v) is 2.25. The molecule has 0 saturated carbocycles. The van der Waals surface area contributed by atoms with Gasteiger partial charge in [0.25, 0.3) is 0 Å². The smallest absolute Gasteiger partial charge is 0.326 e. The molecule has 0 bridgehead atoms. The minimum Gasteiger partial charge on any atom is -0.480 e. The molecule has 6 heteroatoms. The first-order valence-corrected chi connectivity index (χ1v) is 7.15. The first kappa shape index (κ1) is 16.5. The van der Waals surface area contributed by atoms with Crippen molar-refractivity contribution in [1.82, 2.24) is 5.32 Å². The standard InChI is InChI=1S/C14H19BrN2O3/c1-8(2)6-12(13(18)19)17-14(20)16-11-5-4-10(15)7-9(11)3/h4-5,7-8,12H,6H2,1-3H3,(H,18,19)(H2,16,17,20)/t12-/m0/s1. The van der Waals surface area contributed by atoms with Crippen molar-refractivity contribution >= 4 is 33.6 Å². The fraction of sp³-hybridized carbons (Fsp3) is 0.429. The average Bonchev–Trinajstić information content (AvgIpc) is 2.31. The van der Waals surface area contributed by atoms with E-state index in [1.807, 2.05) is 32.9 Å². The van der Waals surface area contributed by atoms with Crippen LogP contribution in [0.4, 0.5) is 10.5 Å². The monoisotopic (exact) mass is 342 g/mol. The Morgan fingerprint density at radius 3 is 2.50 bits per heavy atom. The maximum Gasteiger partial charge on any atom is 0.326 e. The Labute approximate surface area is 126 Å². The summed E-state index contributed by atoms with van der Waals surface area (Å²) in [6, 6.07) is 4.05. The Kier molecular flexibility index (Phi) is 6.01. The Balaban J connectivity index is 2.68. The zero-order valence-electron chi connectivity index (χ0n) is 11.7. The molecule has 2 amide bonds. The van der Waals surface area contributed by atoms with Crippen LogP contribution in [0.25, 0.3) is 0 Å². The molecule has 0 spiro atoms. The predicted molar refractivity (Wildman–Crippen MR) is 81.9 cm³/mol. The maximum absolute atomic E-state index is 11.8. The van der Waals surface area contributed by atoms with Crippen molar-refractivity contribution in [3.8, 4) is 0 Å². The summed E-state index contributed by atoms with van der Waals surface area (Å²) in [5.74, 6) is -0.841. The molecular formula is C14H19BrN2O3. The number of carboxylic acid groups (broad SMARTS) is 1. The second kappa shape index (κ2) is 7.28. The Morgan fingerprint density at radius 1 is 1.35 bits per heavy atom. The molecule has 0 fully saturated rings. The molecule has 1 atom stereocenters. The Hall–Kier alpha value is -1.56. The minimum atomic E-state index is -1.03. The first-order chi connectivity index (χ1) is 9.29. The Morgan fingerprint density at radius 2 is 2.00 bits per heavy atom. The predicted octanol–water partition coefficient (Wildman–Crippen LogP) is 3.38. The summed E-state index contributed by atoms with van der Waals surface area (Å²) in [4.78, 5) is 22.9. The summed E-state index contributed by atoms with van der Waals surface area (Å²) >= 11 is 3.34. The van der Waals surface area contributed by atoms with E-state index < -0.39 is 18.0 Å². The number of benzene rings is 1. The normalized spacial score (nSPS) is 12.1. The zero-order chi connectivity index (χ0) is 15.3. The quantitative estimate of drug-likeness (QED) is 0.767. The molecule has 0 radical (unpaired) electrons. The molecule has 0 unspecified atom stereocenters. The molecule has 1 aromatic rings. The first-order valence-electron chi connectivity index (χ1n) is 6.36. The molecule has 0 aliphatic heterocycles. The molecular weight excluding hydrogens is 324 g/mol. The van der Waals surface area contributed by atoms with E-state index in [-0.39, 0.29) is 5.92 Å². The van der Waals surface area contributed by atoms with Gasteiger partial charge in [-0.05, 0) is 43.0 Å². The summed E-state index contributed by atoms with van der Waals surface area (Å²) in [5.41, 5.74) is 1.55. The molecule has 5 nitrogen and oxygen atoms in total. The van der Waals surface area contributed by atoms with E-state index in [0.29, 0.717) is 12.1 Å². The third-order valence-corrected chi connectivity index (χ3v) is 3.24. The molecule has 1 rings (SSSR count).